The maximum Gasteiger partial charge on any atom is 0.410 e. The SMILES string of the molecule is COc1cnc2c(n1)N(CCN1CCC(N(Cc3cc4c(cn3)OCCO4)C(=O)OC(C)(C)C)CC1)CC=C2. The molecule has 1 amide bonds. The van der Waals surface area contributed by atoms with E-state index < -0.39 is 5.60 Å². The van der Waals surface area contributed by atoms with Gasteiger partial charge >= 0.3 is 6.09 Å². The number of aromatic nitrogens is 3. The van der Waals surface area contributed by atoms with Crippen molar-refractivity contribution in [3.8, 4) is 17.4 Å². The summed E-state index contributed by atoms with van der Waals surface area (Å²) in [6.07, 6.45) is 8.83. The molecule has 3 aliphatic heterocycles. The van der Waals surface area contributed by atoms with Crippen LogP contribution in [0.15, 0.2) is 24.5 Å². The van der Waals surface area contributed by atoms with Gasteiger partial charge in [-0.05, 0) is 39.7 Å². The van der Waals surface area contributed by atoms with E-state index in [1.165, 1.54) is 0 Å². The highest BCUT2D eigenvalue weighted by Gasteiger charge is 2.32. The third-order valence-corrected chi connectivity index (χ3v) is 7.00. The Morgan fingerprint density at radius 3 is 2.62 bits per heavy atom. The number of pyridine rings is 1. The van der Waals surface area contributed by atoms with E-state index in [2.05, 4.69) is 30.8 Å². The molecule has 0 bridgehead atoms. The van der Waals surface area contributed by atoms with Crippen LogP contribution in [0.3, 0.4) is 0 Å². The standard InChI is InChI=1S/C28H38N6O5/c1-28(2,3)39-27(35)34(19-20-16-23-24(17-29-20)38-15-14-37-23)21-7-10-32(11-8-21)12-13-33-9-5-6-22-26(33)31-25(36-4)18-30-22/h5-6,16-18,21H,7-15,19H2,1-4H3. The number of fused-ring (bicyclic) bond motifs is 2. The Labute approximate surface area is 229 Å². The highest BCUT2D eigenvalue weighted by Crippen LogP contribution is 2.31. The topological polar surface area (TPSA) is 102 Å². The Morgan fingerprint density at radius 2 is 1.87 bits per heavy atom. The normalized spacial score (nSPS) is 17.5. The summed E-state index contributed by atoms with van der Waals surface area (Å²) in [6, 6.07) is 1.92. The van der Waals surface area contributed by atoms with Crippen LogP contribution < -0.4 is 19.1 Å². The number of rotatable bonds is 7. The zero-order chi connectivity index (χ0) is 27.4. The molecule has 0 spiro atoms. The fourth-order valence-corrected chi connectivity index (χ4v) is 5.03. The molecular formula is C28H38N6O5. The Morgan fingerprint density at radius 1 is 1.10 bits per heavy atom. The molecule has 0 radical (unpaired) electrons. The predicted octanol–water partition coefficient (Wildman–Crippen LogP) is 3.39. The van der Waals surface area contributed by atoms with Crippen molar-refractivity contribution < 1.29 is 23.7 Å². The zero-order valence-electron chi connectivity index (χ0n) is 23.3. The maximum absolute atomic E-state index is 13.3. The van der Waals surface area contributed by atoms with Gasteiger partial charge in [0.2, 0.25) is 5.88 Å². The van der Waals surface area contributed by atoms with Gasteiger partial charge in [-0.25, -0.2) is 9.78 Å². The third-order valence-electron chi connectivity index (χ3n) is 7.00. The van der Waals surface area contributed by atoms with Crippen molar-refractivity contribution in [2.24, 2.45) is 0 Å². The summed E-state index contributed by atoms with van der Waals surface area (Å²) in [4.78, 5) is 33.4. The Kier molecular flexibility index (Phi) is 8.06. The first kappa shape index (κ1) is 27.0. The number of carbonyl (C=O) groups is 1. The minimum absolute atomic E-state index is 0.0554. The first-order valence-electron chi connectivity index (χ1n) is 13.6. The van der Waals surface area contributed by atoms with Crippen LogP contribution in [0.1, 0.15) is 45.0 Å². The van der Waals surface area contributed by atoms with Gasteiger partial charge in [0.05, 0.1) is 31.7 Å². The number of carbonyl (C=O) groups excluding carboxylic acids is 1. The number of piperidine rings is 1. The van der Waals surface area contributed by atoms with Crippen molar-refractivity contribution in [3.05, 3.63) is 35.9 Å². The molecule has 1 saturated heterocycles. The van der Waals surface area contributed by atoms with Crippen LogP contribution in [0.25, 0.3) is 6.08 Å². The molecule has 210 valence electrons. The summed E-state index contributed by atoms with van der Waals surface area (Å²) in [7, 11) is 1.61. The molecule has 5 rings (SSSR count). The van der Waals surface area contributed by atoms with Crippen LogP contribution in [-0.2, 0) is 11.3 Å². The molecule has 0 saturated carbocycles. The second kappa shape index (κ2) is 11.6. The molecule has 2 aromatic heterocycles. The Hall–Kier alpha value is -3.60. The summed E-state index contributed by atoms with van der Waals surface area (Å²) in [5.74, 6) is 2.68. The molecule has 0 aromatic carbocycles. The van der Waals surface area contributed by atoms with Gasteiger partial charge in [0.1, 0.15) is 24.5 Å². The van der Waals surface area contributed by atoms with E-state index in [0.29, 0.717) is 37.1 Å². The van der Waals surface area contributed by atoms with Crippen LogP contribution in [-0.4, -0.2) is 95.5 Å². The van der Waals surface area contributed by atoms with Crippen molar-refractivity contribution in [1.29, 1.82) is 0 Å². The molecule has 2 aromatic rings. The lowest BCUT2D eigenvalue weighted by Gasteiger charge is -2.39. The van der Waals surface area contributed by atoms with Gasteiger partial charge < -0.3 is 28.7 Å². The van der Waals surface area contributed by atoms with E-state index in [1.54, 1.807) is 19.5 Å². The van der Waals surface area contributed by atoms with Crippen molar-refractivity contribution in [2.45, 2.75) is 51.8 Å². The molecule has 39 heavy (non-hydrogen) atoms. The monoisotopic (exact) mass is 538 g/mol. The number of methoxy groups -OCH3 is 1. The molecular weight excluding hydrogens is 500 g/mol. The Bertz CT molecular complexity index is 1190. The van der Waals surface area contributed by atoms with Crippen molar-refractivity contribution >= 4 is 18.0 Å². The molecule has 11 nitrogen and oxygen atoms in total. The maximum atomic E-state index is 13.3. The van der Waals surface area contributed by atoms with Crippen LogP contribution in [0.5, 0.6) is 17.4 Å². The number of anilines is 1. The summed E-state index contributed by atoms with van der Waals surface area (Å²) in [6.45, 7) is 11.3. The largest absolute Gasteiger partial charge is 0.486 e. The average molecular weight is 539 g/mol. The number of hydrogen-bond acceptors (Lipinski definition) is 10. The molecule has 0 atom stereocenters. The average Bonchev–Trinajstić information content (AvgIpc) is 2.93. The number of hydrogen-bond donors (Lipinski definition) is 0. The third kappa shape index (κ3) is 6.70. The van der Waals surface area contributed by atoms with Gasteiger partial charge in [0.25, 0.3) is 0 Å². The first-order chi connectivity index (χ1) is 18.8. The predicted molar refractivity (Wildman–Crippen MR) is 146 cm³/mol. The second-order valence-electron chi connectivity index (χ2n) is 11.0. The minimum atomic E-state index is -0.582. The smallest absolute Gasteiger partial charge is 0.410 e. The van der Waals surface area contributed by atoms with E-state index >= 15 is 0 Å². The molecule has 3 aliphatic rings. The Balaban J connectivity index is 1.21. The van der Waals surface area contributed by atoms with E-state index in [4.69, 9.17) is 18.9 Å². The summed E-state index contributed by atoms with van der Waals surface area (Å²) >= 11 is 0. The highest BCUT2D eigenvalue weighted by molar-refractivity contribution is 5.68. The zero-order valence-corrected chi connectivity index (χ0v) is 23.3. The fraction of sp³-hybridized carbons (Fsp3) is 0.571. The van der Waals surface area contributed by atoms with E-state index in [0.717, 1.165) is 62.8 Å². The lowest BCUT2D eigenvalue weighted by atomic mass is 10.0. The van der Waals surface area contributed by atoms with E-state index in [1.807, 2.05) is 37.8 Å². The fourth-order valence-electron chi connectivity index (χ4n) is 5.03. The van der Waals surface area contributed by atoms with Crippen molar-refractivity contribution in [1.82, 2.24) is 24.8 Å². The first-order valence-corrected chi connectivity index (χ1v) is 13.6. The lowest BCUT2D eigenvalue weighted by Crippen LogP contribution is -2.49. The van der Waals surface area contributed by atoms with Gasteiger partial charge in [-0.1, -0.05) is 6.08 Å². The van der Waals surface area contributed by atoms with Crippen LogP contribution in [0.4, 0.5) is 10.6 Å². The minimum Gasteiger partial charge on any atom is -0.486 e. The summed E-state index contributed by atoms with van der Waals surface area (Å²) in [5.41, 5.74) is 1.03. The quantitative estimate of drug-likeness (QED) is 0.521. The van der Waals surface area contributed by atoms with Gasteiger partial charge in [0.15, 0.2) is 17.3 Å². The van der Waals surface area contributed by atoms with E-state index in [9.17, 15) is 4.79 Å². The van der Waals surface area contributed by atoms with Gasteiger partial charge in [-0.15, -0.1) is 0 Å². The van der Waals surface area contributed by atoms with E-state index in [-0.39, 0.29) is 12.1 Å². The van der Waals surface area contributed by atoms with Gasteiger partial charge in [-0.3, -0.25) is 9.88 Å². The molecule has 11 heteroatoms. The van der Waals surface area contributed by atoms with Crippen LogP contribution in [0, 0.1) is 0 Å². The number of nitrogens with zero attached hydrogens (tertiary/aromatic N) is 6. The summed E-state index contributed by atoms with van der Waals surface area (Å²) < 4.78 is 22.4. The lowest BCUT2D eigenvalue weighted by molar-refractivity contribution is 0.00555. The van der Waals surface area contributed by atoms with Gasteiger partial charge in [-0.2, -0.15) is 4.98 Å². The molecule has 0 aliphatic carbocycles. The molecule has 1 fully saturated rings. The highest BCUT2D eigenvalue weighted by atomic mass is 16.6. The van der Waals surface area contributed by atoms with Crippen molar-refractivity contribution in [2.75, 3.05) is 57.9 Å². The molecule has 0 N–H and O–H groups in total. The molecule has 5 heterocycles. The van der Waals surface area contributed by atoms with Crippen LogP contribution in [0.2, 0.25) is 0 Å². The van der Waals surface area contributed by atoms with Crippen LogP contribution >= 0.6 is 0 Å². The second-order valence-corrected chi connectivity index (χ2v) is 11.0. The van der Waals surface area contributed by atoms with Gasteiger partial charge in [0, 0.05) is 44.8 Å². The molecule has 0 unspecified atom stereocenters. The number of ether oxygens (including phenoxy) is 4. The van der Waals surface area contributed by atoms with Crippen molar-refractivity contribution in [3.63, 3.8) is 0 Å². The summed E-state index contributed by atoms with van der Waals surface area (Å²) in [5, 5.41) is 0. The number of amides is 1. The number of likely N-dealkylation sites (tertiary alicyclic amines) is 1.